The third kappa shape index (κ3) is 3.03. The molecule has 2 aromatic rings. The molecule has 20 heavy (non-hydrogen) atoms. The summed E-state index contributed by atoms with van der Waals surface area (Å²) in [5.74, 6) is 0.797. The van der Waals surface area contributed by atoms with Crippen LogP contribution in [0.2, 0.25) is 10.0 Å². The van der Waals surface area contributed by atoms with Crippen LogP contribution in [0.3, 0.4) is 0 Å². The lowest BCUT2D eigenvalue weighted by Gasteiger charge is -2.14. The molecule has 1 aromatic heterocycles. The van der Waals surface area contributed by atoms with Gasteiger partial charge < -0.3 is 10.5 Å². The summed E-state index contributed by atoms with van der Waals surface area (Å²) in [6.07, 6.45) is 0. The number of nitrogens with two attached hydrogens (primary N) is 1. The van der Waals surface area contributed by atoms with Crippen molar-refractivity contribution >= 4 is 29.0 Å². The van der Waals surface area contributed by atoms with Crippen molar-refractivity contribution in [3.63, 3.8) is 0 Å². The first-order valence-corrected chi connectivity index (χ1v) is 6.59. The molecule has 0 unspecified atom stereocenters. The van der Waals surface area contributed by atoms with E-state index in [9.17, 15) is 0 Å². The van der Waals surface area contributed by atoms with E-state index in [1.807, 2.05) is 6.92 Å². The standard InChI is InChI=1S/C14H13Cl2N3O/c1-7-5-12(13(14(17)18)8(2)19-7)20-11-4-3-9(15)6-10(11)16/h3-6H,1-2H3,(H3,17,18). The van der Waals surface area contributed by atoms with Crippen molar-refractivity contribution in [2.45, 2.75) is 13.8 Å². The van der Waals surface area contributed by atoms with E-state index in [-0.39, 0.29) is 5.84 Å². The van der Waals surface area contributed by atoms with Crippen LogP contribution >= 0.6 is 23.2 Å². The Bertz CT molecular complexity index is 686. The number of amidine groups is 1. The Morgan fingerprint density at radius 1 is 1.20 bits per heavy atom. The summed E-state index contributed by atoms with van der Waals surface area (Å²) in [6, 6.07) is 6.65. The van der Waals surface area contributed by atoms with E-state index in [0.29, 0.717) is 32.8 Å². The molecule has 0 aliphatic rings. The van der Waals surface area contributed by atoms with Crippen LogP contribution in [0.4, 0.5) is 0 Å². The molecule has 3 N–H and O–H groups in total. The molecule has 0 bridgehead atoms. The minimum Gasteiger partial charge on any atom is -0.455 e. The summed E-state index contributed by atoms with van der Waals surface area (Å²) in [5, 5.41) is 8.56. The number of benzene rings is 1. The molecule has 0 saturated heterocycles. The highest BCUT2D eigenvalue weighted by Crippen LogP contribution is 2.33. The van der Waals surface area contributed by atoms with Crippen molar-refractivity contribution in [3.05, 3.63) is 51.3 Å². The van der Waals surface area contributed by atoms with Gasteiger partial charge in [0, 0.05) is 16.8 Å². The fraction of sp³-hybridized carbons (Fsp3) is 0.143. The second kappa shape index (κ2) is 5.69. The number of nitrogen functional groups attached to an aromatic ring is 1. The molecular formula is C14H13Cl2N3O. The lowest BCUT2D eigenvalue weighted by molar-refractivity contribution is 0.480. The number of hydrogen-bond acceptors (Lipinski definition) is 3. The van der Waals surface area contributed by atoms with Crippen LogP contribution in [0.5, 0.6) is 11.5 Å². The number of hydrogen-bond donors (Lipinski definition) is 2. The second-order valence-corrected chi connectivity index (χ2v) is 5.16. The molecule has 0 aliphatic carbocycles. The predicted octanol–water partition coefficient (Wildman–Crippen LogP) is 4.08. The maximum Gasteiger partial charge on any atom is 0.146 e. The van der Waals surface area contributed by atoms with Gasteiger partial charge in [0.15, 0.2) is 0 Å². The Balaban J connectivity index is 2.50. The average Bonchev–Trinajstić information content (AvgIpc) is 2.31. The Morgan fingerprint density at radius 2 is 1.90 bits per heavy atom. The Labute approximate surface area is 127 Å². The van der Waals surface area contributed by atoms with Gasteiger partial charge in [0.2, 0.25) is 0 Å². The zero-order chi connectivity index (χ0) is 14.9. The van der Waals surface area contributed by atoms with Crippen molar-refractivity contribution in [2.75, 3.05) is 0 Å². The van der Waals surface area contributed by atoms with Gasteiger partial charge in [0.25, 0.3) is 0 Å². The zero-order valence-corrected chi connectivity index (χ0v) is 12.5. The molecule has 0 atom stereocenters. The van der Waals surface area contributed by atoms with Gasteiger partial charge in [-0.3, -0.25) is 10.4 Å². The highest BCUT2D eigenvalue weighted by molar-refractivity contribution is 6.35. The number of ether oxygens (including phenoxy) is 1. The van der Waals surface area contributed by atoms with E-state index < -0.39 is 0 Å². The maximum atomic E-state index is 7.64. The van der Waals surface area contributed by atoms with Gasteiger partial charge in [-0.1, -0.05) is 23.2 Å². The molecule has 2 rings (SSSR count). The van der Waals surface area contributed by atoms with Crippen molar-refractivity contribution in [1.29, 1.82) is 5.41 Å². The van der Waals surface area contributed by atoms with Crippen LogP contribution in [-0.2, 0) is 0 Å². The molecule has 4 nitrogen and oxygen atoms in total. The topological polar surface area (TPSA) is 72.0 Å². The molecule has 6 heteroatoms. The van der Waals surface area contributed by atoms with Crippen molar-refractivity contribution in [2.24, 2.45) is 5.73 Å². The molecule has 0 aliphatic heterocycles. The van der Waals surface area contributed by atoms with Crippen LogP contribution in [0, 0.1) is 19.3 Å². The van der Waals surface area contributed by atoms with Gasteiger partial charge in [-0.2, -0.15) is 0 Å². The highest BCUT2D eigenvalue weighted by Gasteiger charge is 2.14. The number of halogens is 2. The van der Waals surface area contributed by atoms with Crippen LogP contribution in [0.25, 0.3) is 0 Å². The van der Waals surface area contributed by atoms with Crippen LogP contribution in [0.15, 0.2) is 24.3 Å². The van der Waals surface area contributed by atoms with Crippen LogP contribution < -0.4 is 10.5 Å². The SMILES string of the molecule is Cc1cc(Oc2ccc(Cl)cc2Cl)c(C(=N)N)c(C)n1. The van der Waals surface area contributed by atoms with Gasteiger partial charge in [-0.05, 0) is 32.0 Å². The van der Waals surface area contributed by atoms with Gasteiger partial charge >= 0.3 is 0 Å². The normalized spacial score (nSPS) is 10.4. The zero-order valence-electron chi connectivity index (χ0n) is 11.0. The molecule has 0 fully saturated rings. The summed E-state index contributed by atoms with van der Waals surface area (Å²) in [5.41, 5.74) is 7.46. The van der Waals surface area contributed by atoms with E-state index in [2.05, 4.69) is 4.98 Å². The fourth-order valence-corrected chi connectivity index (χ4v) is 2.32. The Hall–Kier alpha value is -1.78. The number of pyridine rings is 1. The molecule has 0 radical (unpaired) electrons. The third-order valence-electron chi connectivity index (χ3n) is 2.68. The summed E-state index contributed by atoms with van der Waals surface area (Å²) < 4.78 is 5.77. The van der Waals surface area contributed by atoms with E-state index in [1.54, 1.807) is 31.2 Å². The maximum absolute atomic E-state index is 7.64. The monoisotopic (exact) mass is 309 g/mol. The number of nitrogens with one attached hydrogen (secondary N) is 1. The van der Waals surface area contributed by atoms with Crippen molar-refractivity contribution < 1.29 is 4.74 Å². The molecule has 104 valence electrons. The second-order valence-electron chi connectivity index (χ2n) is 4.31. The summed E-state index contributed by atoms with van der Waals surface area (Å²) in [6.45, 7) is 3.62. The van der Waals surface area contributed by atoms with Crippen molar-refractivity contribution in [3.8, 4) is 11.5 Å². The summed E-state index contributed by atoms with van der Waals surface area (Å²) in [4.78, 5) is 4.28. The molecule has 0 saturated carbocycles. The van der Waals surface area contributed by atoms with E-state index in [1.165, 1.54) is 0 Å². The minimum absolute atomic E-state index is 0.102. The molecule has 1 heterocycles. The van der Waals surface area contributed by atoms with E-state index >= 15 is 0 Å². The Kier molecular flexibility index (Phi) is 4.16. The number of aromatic nitrogens is 1. The molecule has 1 aromatic carbocycles. The molecule has 0 spiro atoms. The van der Waals surface area contributed by atoms with Gasteiger partial charge in [0.05, 0.1) is 16.3 Å². The van der Waals surface area contributed by atoms with Gasteiger partial charge in [-0.25, -0.2) is 0 Å². The quantitative estimate of drug-likeness (QED) is 0.662. The molecular weight excluding hydrogens is 297 g/mol. The number of rotatable bonds is 3. The summed E-state index contributed by atoms with van der Waals surface area (Å²) in [7, 11) is 0. The first-order chi connectivity index (χ1) is 9.38. The van der Waals surface area contributed by atoms with Gasteiger partial charge in [0.1, 0.15) is 17.3 Å². The fourth-order valence-electron chi connectivity index (χ4n) is 1.88. The van der Waals surface area contributed by atoms with Crippen molar-refractivity contribution in [1.82, 2.24) is 4.98 Å². The number of aryl methyl sites for hydroxylation is 2. The predicted molar refractivity (Wildman–Crippen MR) is 81.3 cm³/mol. The molecule has 0 amide bonds. The smallest absolute Gasteiger partial charge is 0.146 e. The number of nitrogens with zero attached hydrogens (tertiary/aromatic N) is 1. The first kappa shape index (κ1) is 14.6. The highest BCUT2D eigenvalue weighted by atomic mass is 35.5. The van der Waals surface area contributed by atoms with Gasteiger partial charge in [-0.15, -0.1) is 0 Å². The first-order valence-electron chi connectivity index (χ1n) is 5.84. The van der Waals surface area contributed by atoms with Crippen LogP contribution in [0.1, 0.15) is 17.0 Å². The van der Waals surface area contributed by atoms with E-state index in [0.717, 1.165) is 5.69 Å². The van der Waals surface area contributed by atoms with E-state index in [4.69, 9.17) is 39.1 Å². The largest absolute Gasteiger partial charge is 0.455 e. The average molecular weight is 310 g/mol. The summed E-state index contributed by atoms with van der Waals surface area (Å²) >= 11 is 11.9. The minimum atomic E-state index is -0.102. The lowest BCUT2D eigenvalue weighted by Crippen LogP contribution is -2.15. The van der Waals surface area contributed by atoms with Crippen LogP contribution in [-0.4, -0.2) is 10.8 Å². The Morgan fingerprint density at radius 3 is 2.50 bits per heavy atom. The lowest BCUT2D eigenvalue weighted by atomic mass is 10.1. The third-order valence-corrected chi connectivity index (χ3v) is 3.21.